The first-order valence-electron chi connectivity index (χ1n) is 9.72. The third-order valence-electron chi connectivity index (χ3n) is 5.54. The van der Waals surface area contributed by atoms with E-state index in [9.17, 15) is 14.0 Å². The van der Waals surface area contributed by atoms with Gasteiger partial charge in [-0.15, -0.1) is 5.10 Å². The molecule has 148 valence electrons. The molecular formula is C19H23FN6O2. The molecule has 8 nitrogen and oxygen atoms in total. The van der Waals surface area contributed by atoms with Gasteiger partial charge in [0.05, 0.1) is 18.5 Å². The Balaban J connectivity index is 1.35. The number of aromatic nitrogens is 4. The van der Waals surface area contributed by atoms with E-state index in [1.807, 2.05) is 4.68 Å². The van der Waals surface area contributed by atoms with E-state index < -0.39 is 5.92 Å². The molecule has 2 aromatic rings. The van der Waals surface area contributed by atoms with Crippen molar-refractivity contribution in [3.8, 4) is 0 Å². The van der Waals surface area contributed by atoms with Gasteiger partial charge < -0.3 is 10.2 Å². The maximum Gasteiger partial charge on any atom is 0.227 e. The lowest BCUT2D eigenvalue weighted by atomic mass is 9.95. The Labute approximate surface area is 162 Å². The number of hydrogen-bond acceptors (Lipinski definition) is 5. The van der Waals surface area contributed by atoms with Gasteiger partial charge in [0.2, 0.25) is 11.8 Å². The molecule has 2 heterocycles. The third-order valence-corrected chi connectivity index (χ3v) is 5.54. The number of benzene rings is 1. The Kier molecular flexibility index (Phi) is 5.31. The highest BCUT2D eigenvalue weighted by Crippen LogP contribution is 2.28. The molecule has 0 bridgehead atoms. The van der Waals surface area contributed by atoms with E-state index in [4.69, 9.17) is 0 Å². The minimum atomic E-state index is -0.448. The number of hydrogen-bond donors (Lipinski definition) is 1. The lowest BCUT2D eigenvalue weighted by Crippen LogP contribution is -2.33. The van der Waals surface area contributed by atoms with Crippen molar-refractivity contribution in [1.29, 1.82) is 0 Å². The molecular weight excluding hydrogens is 363 g/mol. The summed E-state index contributed by atoms with van der Waals surface area (Å²) in [6, 6.07) is 6.00. The monoisotopic (exact) mass is 386 g/mol. The summed E-state index contributed by atoms with van der Waals surface area (Å²) in [6.45, 7) is 0.521. The highest BCUT2D eigenvalue weighted by atomic mass is 19.1. The van der Waals surface area contributed by atoms with E-state index in [1.165, 1.54) is 36.3 Å². The smallest absolute Gasteiger partial charge is 0.227 e. The van der Waals surface area contributed by atoms with E-state index >= 15 is 0 Å². The fourth-order valence-electron chi connectivity index (χ4n) is 4.00. The molecule has 1 unspecified atom stereocenters. The Hall–Kier alpha value is -2.84. The number of carbonyl (C=O) groups is 2. The zero-order valence-corrected chi connectivity index (χ0v) is 15.6. The number of nitrogens with one attached hydrogen (secondary N) is 1. The first-order valence-corrected chi connectivity index (χ1v) is 9.72. The molecule has 1 aliphatic carbocycles. The van der Waals surface area contributed by atoms with Crippen LogP contribution in [-0.4, -0.2) is 38.6 Å². The molecule has 0 spiro atoms. The summed E-state index contributed by atoms with van der Waals surface area (Å²) in [7, 11) is 0. The number of tetrazole rings is 1. The second-order valence-corrected chi connectivity index (χ2v) is 7.43. The third kappa shape index (κ3) is 3.88. The average molecular weight is 386 g/mol. The molecule has 1 atom stereocenters. The van der Waals surface area contributed by atoms with Crippen molar-refractivity contribution in [2.45, 2.75) is 51.1 Å². The topological polar surface area (TPSA) is 93.0 Å². The summed E-state index contributed by atoms with van der Waals surface area (Å²) in [5.41, 5.74) is 0.600. The van der Waals surface area contributed by atoms with Crippen molar-refractivity contribution in [1.82, 2.24) is 25.5 Å². The fourth-order valence-corrected chi connectivity index (χ4v) is 4.00. The summed E-state index contributed by atoms with van der Waals surface area (Å²) >= 11 is 0. The lowest BCUT2D eigenvalue weighted by molar-refractivity contribution is -0.126. The molecule has 9 heteroatoms. The maximum atomic E-state index is 13.1. The van der Waals surface area contributed by atoms with E-state index in [1.54, 1.807) is 12.1 Å². The second kappa shape index (κ2) is 8.04. The minimum absolute atomic E-state index is 0.136. The first kappa shape index (κ1) is 18.5. The highest BCUT2D eigenvalue weighted by Gasteiger charge is 2.35. The molecule has 1 aromatic heterocycles. The summed E-state index contributed by atoms with van der Waals surface area (Å²) in [4.78, 5) is 26.4. The van der Waals surface area contributed by atoms with E-state index in [-0.39, 0.29) is 43.2 Å². The molecule has 2 aliphatic rings. The van der Waals surface area contributed by atoms with Crippen LogP contribution in [0, 0.1) is 11.7 Å². The standard InChI is InChI=1S/C19H23FN6O2/c20-14-6-8-15(9-7-14)25-12-13(10-18(25)27)19(28)21-11-17-22-23-24-26(17)16-4-2-1-3-5-16/h6-9,13,16H,1-5,10-12H2,(H,21,28). The van der Waals surface area contributed by atoms with Gasteiger partial charge in [0.25, 0.3) is 0 Å². The summed E-state index contributed by atoms with van der Waals surface area (Å²) in [6.07, 6.45) is 5.81. The van der Waals surface area contributed by atoms with Crippen LogP contribution in [0.3, 0.4) is 0 Å². The molecule has 28 heavy (non-hydrogen) atoms. The van der Waals surface area contributed by atoms with Gasteiger partial charge in [-0.05, 0) is 47.5 Å². The van der Waals surface area contributed by atoms with Gasteiger partial charge in [0.1, 0.15) is 5.82 Å². The minimum Gasteiger partial charge on any atom is -0.348 e. The van der Waals surface area contributed by atoms with Gasteiger partial charge in [0, 0.05) is 18.7 Å². The number of carbonyl (C=O) groups excluding carboxylic acids is 2. The van der Waals surface area contributed by atoms with Crippen LogP contribution in [0.1, 0.15) is 50.4 Å². The van der Waals surface area contributed by atoms with E-state index in [0.717, 1.165) is 12.8 Å². The van der Waals surface area contributed by atoms with Crippen molar-refractivity contribution >= 4 is 17.5 Å². The first-order chi connectivity index (χ1) is 13.6. The Bertz CT molecular complexity index is 846. The SMILES string of the molecule is O=C(NCc1nnnn1C1CCCCC1)C1CC(=O)N(c2ccc(F)cc2)C1. The Morgan fingerprint density at radius 1 is 1.18 bits per heavy atom. The molecule has 1 N–H and O–H groups in total. The zero-order chi connectivity index (χ0) is 19.5. The van der Waals surface area contributed by atoms with Crippen LogP contribution >= 0.6 is 0 Å². The number of halogens is 1. The van der Waals surface area contributed by atoms with Gasteiger partial charge in [-0.1, -0.05) is 19.3 Å². The van der Waals surface area contributed by atoms with Crippen LogP contribution in [0.25, 0.3) is 0 Å². The van der Waals surface area contributed by atoms with Gasteiger partial charge in [0.15, 0.2) is 5.82 Å². The van der Waals surface area contributed by atoms with Crippen molar-refractivity contribution in [2.75, 3.05) is 11.4 Å². The number of nitrogens with zero attached hydrogens (tertiary/aromatic N) is 5. The van der Waals surface area contributed by atoms with Crippen LogP contribution in [0.15, 0.2) is 24.3 Å². The molecule has 4 rings (SSSR count). The molecule has 1 saturated carbocycles. The molecule has 1 saturated heterocycles. The van der Waals surface area contributed by atoms with Crippen molar-refractivity contribution in [2.24, 2.45) is 5.92 Å². The maximum absolute atomic E-state index is 13.1. The van der Waals surface area contributed by atoms with Crippen molar-refractivity contribution in [3.05, 3.63) is 35.9 Å². The number of anilines is 1. The summed E-state index contributed by atoms with van der Waals surface area (Å²) in [5.74, 6) is -0.508. The highest BCUT2D eigenvalue weighted by molar-refractivity contribution is 6.00. The molecule has 0 radical (unpaired) electrons. The van der Waals surface area contributed by atoms with Gasteiger partial charge >= 0.3 is 0 Å². The van der Waals surface area contributed by atoms with Crippen LogP contribution in [0.5, 0.6) is 0 Å². The Morgan fingerprint density at radius 2 is 1.93 bits per heavy atom. The van der Waals surface area contributed by atoms with E-state index in [0.29, 0.717) is 11.5 Å². The van der Waals surface area contributed by atoms with Crippen LogP contribution in [0.2, 0.25) is 0 Å². The van der Waals surface area contributed by atoms with E-state index in [2.05, 4.69) is 20.8 Å². The predicted molar refractivity (Wildman–Crippen MR) is 98.6 cm³/mol. The van der Waals surface area contributed by atoms with Crippen LogP contribution in [0.4, 0.5) is 10.1 Å². The number of rotatable bonds is 5. The molecule has 1 aromatic carbocycles. The fraction of sp³-hybridized carbons (Fsp3) is 0.526. The van der Waals surface area contributed by atoms with Gasteiger partial charge in [-0.2, -0.15) is 0 Å². The normalized spacial score (nSPS) is 20.5. The second-order valence-electron chi connectivity index (χ2n) is 7.43. The van der Waals surface area contributed by atoms with Gasteiger partial charge in [-0.3, -0.25) is 9.59 Å². The largest absolute Gasteiger partial charge is 0.348 e. The molecule has 2 fully saturated rings. The summed E-state index contributed by atoms with van der Waals surface area (Å²) in [5, 5.41) is 14.8. The zero-order valence-electron chi connectivity index (χ0n) is 15.6. The summed E-state index contributed by atoms with van der Waals surface area (Å²) < 4.78 is 14.9. The van der Waals surface area contributed by atoms with Crippen LogP contribution < -0.4 is 10.2 Å². The average Bonchev–Trinajstić information content (AvgIpc) is 3.34. The Morgan fingerprint density at radius 3 is 2.68 bits per heavy atom. The predicted octanol–water partition coefficient (Wildman–Crippen LogP) is 1.99. The van der Waals surface area contributed by atoms with Crippen molar-refractivity contribution < 1.29 is 14.0 Å². The molecule has 2 amide bonds. The quantitative estimate of drug-likeness (QED) is 0.848. The lowest BCUT2D eigenvalue weighted by Gasteiger charge is -2.22. The van der Waals surface area contributed by atoms with Gasteiger partial charge in [-0.25, -0.2) is 9.07 Å². The van der Waals surface area contributed by atoms with Crippen molar-refractivity contribution in [3.63, 3.8) is 0 Å². The van der Waals surface area contributed by atoms with Crippen LogP contribution in [-0.2, 0) is 16.1 Å². The molecule has 1 aliphatic heterocycles. The number of amides is 2.